The zero-order valence-corrected chi connectivity index (χ0v) is 25.6. The fraction of sp³-hybridized carbons (Fsp3) is 0.483. The summed E-state index contributed by atoms with van der Waals surface area (Å²) in [6.45, 7) is 15.1. The van der Waals surface area contributed by atoms with Crippen molar-refractivity contribution in [1.82, 2.24) is 14.9 Å². The normalized spacial score (nSPS) is 12.7. The largest absolute Gasteiger partial charge is 0.467 e. The van der Waals surface area contributed by atoms with Gasteiger partial charge >= 0.3 is 12.1 Å². The number of rotatable bonds is 11. The number of methoxy groups -OCH3 is 1. The number of alkyl carbamates (subject to hydrolysis) is 1. The van der Waals surface area contributed by atoms with E-state index in [-0.39, 0.29) is 12.2 Å². The van der Waals surface area contributed by atoms with Gasteiger partial charge in [0.2, 0.25) is 0 Å². The van der Waals surface area contributed by atoms with Gasteiger partial charge in [-0.2, -0.15) is 0 Å². The third-order valence-electron chi connectivity index (χ3n) is 6.01. The van der Waals surface area contributed by atoms with E-state index in [1.807, 2.05) is 17.6 Å². The molecule has 2 heterocycles. The number of fused-ring (bicyclic) bond motifs is 1. The van der Waals surface area contributed by atoms with Crippen LogP contribution in [0.2, 0.25) is 25.7 Å². The average molecular weight is 574 g/mol. The second-order valence-corrected chi connectivity index (χ2v) is 17.5. The maximum atomic E-state index is 15.1. The molecule has 1 atom stereocenters. The standard InChI is InChI=1S/C29H40FN3O6Si/c1-19-15-21-24(11-12-31-26(21)33(19)18-37-13-14-40(6,7)8)38-25-10-9-20(16-22(25)30)17-23(27(34)36-5)32-28(35)39-29(2,3)4/h9-12,15-16,23H,13-14,17-18H2,1-8H3,(H,32,35)/t23-/m0/s1. The Bertz CT molecular complexity index is 1350. The Kier molecular flexibility index (Phi) is 9.96. The number of aryl methyl sites for hydroxylation is 1. The summed E-state index contributed by atoms with van der Waals surface area (Å²) >= 11 is 0. The van der Waals surface area contributed by atoms with Gasteiger partial charge in [0.05, 0.1) is 12.5 Å². The van der Waals surface area contributed by atoms with Crippen LogP contribution >= 0.6 is 0 Å². The quantitative estimate of drug-likeness (QED) is 0.166. The van der Waals surface area contributed by atoms with Crippen molar-refractivity contribution < 1.29 is 32.9 Å². The zero-order chi connectivity index (χ0) is 29.7. The van der Waals surface area contributed by atoms with Crippen molar-refractivity contribution in [2.75, 3.05) is 13.7 Å². The van der Waals surface area contributed by atoms with Crippen molar-refractivity contribution in [2.24, 2.45) is 0 Å². The van der Waals surface area contributed by atoms with E-state index in [2.05, 4.69) is 29.9 Å². The lowest BCUT2D eigenvalue weighted by atomic mass is 10.1. The zero-order valence-electron chi connectivity index (χ0n) is 24.6. The van der Waals surface area contributed by atoms with Crippen LogP contribution in [0.3, 0.4) is 0 Å². The van der Waals surface area contributed by atoms with Crippen LogP contribution in [0.1, 0.15) is 32.0 Å². The summed E-state index contributed by atoms with van der Waals surface area (Å²) in [5.74, 6) is -0.813. The van der Waals surface area contributed by atoms with Crippen LogP contribution in [0.5, 0.6) is 11.5 Å². The third-order valence-corrected chi connectivity index (χ3v) is 7.72. The molecule has 3 aromatic rings. The Morgan fingerprint density at radius 2 is 1.85 bits per heavy atom. The van der Waals surface area contributed by atoms with Gasteiger partial charge in [-0.25, -0.2) is 19.0 Å². The highest BCUT2D eigenvalue weighted by Crippen LogP contribution is 2.32. The molecule has 9 nitrogen and oxygen atoms in total. The molecule has 0 fully saturated rings. The maximum absolute atomic E-state index is 15.1. The van der Waals surface area contributed by atoms with Crippen LogP contribution in [0.4, 0.5) is 9.18 Å². The van der Waals surface area contributed by atoms with E-state index in [0.717, 1.165) is 17.1 Å². The lowest BCUT2D eigenvalue weighted by Crippen LogP contribution is -2.45. The molecule has 1 amide bonds. The number of benzene rings is 1. The van der Waals surface area contributed by atoms with Crippen molar-refractivity contribution in [1.29, 1.82) is 0 Å². The van der Waals surface area contributed by atoms with Gasteiger partial charge in [0.1, 0.15) is 29.8 Å². The first-order chi connectivity index (χ1) is 18.7. The summed E-state index contributed by atoms with van der Waals surface area (Å²) in [5.41, 5.74) is 1.37. The summed E-state index contributed by atoms with van der Waals surface area (Å²) in [5, 5.41) is 3.23. The monoisotopic (exact) mass is 573 g/mol. The molecule has 2 aromatic heterocycles. The van der Waals surface area contributed by atoms with Crippen LogP contribution in [-0.2, 0) is 32.2 Å². The number of nitrogens with one attached hydrogen (secondary N) is 1. The van der Waals surface area contributed by atoms with E-state index in [9.17, 15) is 9.59 Å². The molecule has 0 unspecified atom stereocenters. The molecule has 11 heteroatoms. The van der Waals surface area contributed by atoms with Crippen LogP contribution in [0.25, 0.3) is 11.0 Å². The lowest BCUT2D eigenvalue weighted by Gasteiger charge is -2.22. The van der Waals surface area contributed by atoms with Crippen LogP contribution < -0.4 is 10.1 Å². The van der Waals surface area contributed by atoms with E-state index in [1.54, 1.807) is 39.1 Å². The Morgan fingerprint density at radius 3 is 2.48 bits per heavy atom. The van der Waals surface area contributed by atoms with Crippen molar-refractivity contribution in [3.63, 3.8) is 0 Å². The summed E-state index contributed by atoms with van der Waals surface area (Å²) in [6, 6.07) is 8.03. The first-order valence-corrected chi connectivity index (χ1v) is 16.9. The molecule has 218 valence electrons. The van der Waals surface area contributed by atoms with Gasteiger partial charge in [-0.1, -0.05) is 25.7 Å². The molecular weight excluding hydrogens is 533 g/mol. The minimum atomic E-state index is -1.19. The molecule has 1 N–H and O–H groups in total. The van der Waals surface area contributed by atoms with Crippen molar-refractivity contribution >= 4 is 31.2 Å². The molecule has 0 aliphatic rings. The van der Waals surface area contributed by atoms with Gasteiger partial charge in [-0.15, -0.1) is 0 Å². The predicted octanol–water partition coefficient (Wildman–Crippen LogP) is 6.20. The van der Waals surface area contributed by atoms with Gasteiger partial charge in [0.15, 0.2) is 11.6 Å². The molecule has 0 spiro atoms. The van der Waals surface area contributed by atoms with E-state index in [1.165, 1.54) is 19.2 Å². The number of ether oxygens (including phenoxy) is 4. The summed E-state index contributed by atoms with van der Waals surface area (Å²) in [4.78, 5) is 29.0. The van der Waals surface area contributed by atoms with Crippen molar-refractivity contribution in [2.45, 2.75) is 78.2 Å². The van der Waals surface area contributed by atoms with E-state index in [4.69, 9.17) is 18.9 Å². The predicted molar refractivity (Wildman–Crippen MR) is 154 cm³/mol. The first-order valence-electron chi connectivity index (χ1n) is 13.2. The van der Waals surface area contributed by atoms with Crippen molar-refractivity contribution in [3.05, 3.63) is 53.6 Å². The second kappa shape index (κ2) is 12.8. The smallest absolute Gasteiger partial charge is 0.408 e. The number of pyridine rings is 1. The first kappa shape index (κ1) is 31.1. The Morgan fingerprint density at radius 1 is 1.12 bits per heavy atom. The van der Waals surface area contributed by atoms with Gasteiger partial charge in [0, 0.05) is 33.0 Å². The number of halogens is 1. The minimum absolute atomic E-state index is 0.00235. The number of esters is 1. The molecule has 1 aromatic carbocycles. The van der Waals surface area contributed by atoms with Gasteiger partial charge in [-0.05, 0) is 63.6 Å². The number of amides is 1. The molecule has 0 aliphatic carbocycles. The number of carbonyl (C=O) groups is 2. The molecule has 0 saturated carbocycles. The Labute approximate surface area is 236 Å². The summed E-state index contributed by atoms with van der Waals surface area (Å²) in [6.07, 6.45) is 0.849. The third kappa shape index (κ3) is 8.78. The highest BCUT2D eigenvalue weighted by atomic mass is 28.3. The molecule has 0 radical (unpaired) electrons. The van der Waals surface area contributed by atoms with E-state index >= 15 is 4.39 Å². The summed E-state index contributed by atoms with van der Waals surface area (Å²) < 4.78 is 39.0. The molecule has 0 aliphatic heterocycles. The fourth-order valence-electron chi connectivity index (χ4n) is 3.93. The SMILES string of the molecule is COC(=O)[C@H](Cc1ccc(Oc2ccnc3c2cc(C)n3COCC[Si](C)(C)C)c(F)c1)NC(=O)OC(C)(C)C. The molecule has 40 heavy (non-hydrogen) atoms. The molecule has 0 bridgehead atoms. The van der Waals surface area contributed by atoms with E-state index in [0.29, 0.717) is 30.3 Å². The van der Waals surface area contributed by atoms with Gasteiger partial charge in [0.25, 0.3) is 0 Å². The number of carbonyl (C=O) groups excluding carboxylic acids is 2. The molecular formula is C29H40FN3O6Si. The molecule has 3 rings (SSSR count). The topological polar surface area (TPSA) is 101 Å². The van der Waals surface area contributed by atoms with Crippen LogP contribution in [0, 0.1) is 12.7 Å². The highest BCUT2D eigenvalue weighted by Gasteiger charge is 2.26. The fourth-order valence-corrected chi connectivity index (χ4v) is 4.69. The second-order valence-electron chi connectivity index (χ2n) is 11.9. The van der Waals surface area contributed by atoms with E-state index < -0.39 is 37.6 Å². The number of hydrogen-bond donors (Lipinski definition) is 1. The average Bonchev–Trinajstić information content (AvgIpc) is 3.16. The van der Waals surface area contributed by atoms with Crippen LogP contribution in [0.15, 0.2) is 36.5 Å². The lowest BCUT2D eigenvalue weighted by molar-refractivity contribution is -0.143. The number of aromatic nitrogens is 2. The van der Waals surface area contributed by atoms with Crippen LogP contribution in [-0.4, -0.2) is 55.0 Å². The molecule has 0 saturated heterocycles. The summed E-state index contributed by atoms with van der Waals surface area (Å²) in [7, 11) is 0.0221. The Balaban J connectivity index is 1.75. The van der Waals surface area contributed by atoms with Crippen molar-refractivity contribution in [3.8, 4) is 11.5 Å². The number of nitrogens with zero attached hydrogens (tertiary/aromatic N) is 2. The highest BCUT2D eigenvalue weighted by molar-refractivity contribution is 6.76. The minimum Gasteiger partial charge on any atom is -0.467 e. The maximum Gasteiger partial charge on any atom is 0.408 e. The van der Waals surface area contributed by atoms with Gasteiger partial charge < -0.3 is 28.8 Å². The Hall–Kier alpha value is -3.44. The van der Waals surface area contributed by atoms with Gasteiger partial charge in [-0.3, -0.25) is 0 Å². The number of hydrogen-bond acceptors (Lipinski definition) is 7.